The van der Waals surface area contributed by atoms with Gasteiger partial charge in [0.15, 0.2) is 0 Å². The quantitative estimate of drug-likeness (QED) is 0.840. The average molecular weight is 340 g/mol. The van der Waals surface area contributed by atoms with Crippen LogP contribution in [0.1, 0.15) is 18.4 Å². The SMILES string of the molecule is Cc1cc(F)cc(S(=O)(=O)N2CC(N)CCC2C(F)(F)F)c1. The molecule has 1 aromatic rings. The first-order valence-electron chi connectivity index (χ1n) is 6.63. The summed E-state index contributed by atoms with van der Waals surface area (Å²) in [6.07, 6.45) is -5.02. The Kier molecular flexibility index (Phi) is 4.51. The number of piperidine rings is 1. The van der Waals surface area contributed by atoms with Gasteiger partial charge in [0.05, 0.1) is 4.90 Å². The molecule has 0 aliphatic carbocycles. The van der Waals surface area contributed by atoms with Crippen LogP contribution in [-0.2, 0) is 10.0 Å². The molecule has 1 saturated heterocycles. The maximum absolute atomic E-state index is 13.4. The van der Waals surface area contributed by atoms with E-state index in [1.807, 2.05) is 0 Å². The summed E-state index contributed by atoms with van der Waals surface area (Å²) >= 11 is 0. The number of alkyl halides is 3. The van der Waals surface area contributed by atoms with Crippen molar-refractivity contribution >= 4 is 10.0 Å². The van der Waals surface area contributed by atoms with E-state index in [1.54, 1.807) is 0 Å². The van der Waals surface area contributed by atoms with Crippen LogP contribution in [0, 0.1) is 12.7 Å². The van der Waals surface area contributed by atoms with E-state index in [1.165, 1.54) is 6.92 Å². The minimum absolute atomic E-state index is 0.0817. The highest BCUT2D eigenvalue weighted by atomic mass is 32.2. The zero-order valence-corrected chi connectivity index (χ0v) is 12.6. The van der Waals surface area contributed by atoms with E-state index in [0.29, 0.717) is 9.87 Å². The summed E-state index contributed by atoms with van der Waals surface area (Å²) < 4.78 is 78.0. The number of nitrogens with two attached hydrogens (primary N) is 1. The minimum Gasteiger partial charge on any atom is -0.327 e. The zero-order valence-electron chi connectivity index (χ0n) is 11.8. The molecule has 9 heteroatoms. The molecule has 2 atom stereocenters. The summed E-state index contributed by atoms with van der Waals surface area (Å²) in [4.78, 5) is -0.492. The first-order valence-corrected chi connectivity index (χ1v) is 8.07. The number of sulfonamides is 1. The van der Waals surface area contributed by atoms with Crippen molar-refractivity contribution in [3.63, 3.8) is 0 Å². The Morgan fingerprint density at radius 2 is 1.86 bits per heavy atom. The number of hydrogen-bond donors (Lipinski definition) is 1. The molecule has 0 spiro atoms. The molecule has 124 valence electrons. The monoisotopic (exact) mass is 340 g/mol. The van der Waals surface area contributed by atoms with E-state index in [9.17, 15) is 26.0 Å². The fraction of sp³-hybridized carbons (Fsp3) is 0.538. The van der Waals surface area contributed by atoms with Gasteiger partial charge < -0.3 is 5.73 Å². The third kappa shape index (κ3) is 3.41. The van der Waals surface area contributed by atoms with E-state index >= 15 is 0 Å². The van der Waals surface area contributed by atoms with Crippen LogP contribution in [-0.4, -0.2) is 37.5 Å². The van der Waals surface area contributed by atoms with Crippen molar-refractivity contribution < 1.29 is 26.0 Å². The Balaban J connectivity index is 2.48. The summed E-state index contributed by atoms with van der Waals surface area (Å²) in [5.74, 6) is -0.816. The highest BCUT2D eigenvalue weighted by Crippen LogP contribution is 2.35. The van der Waals surface area contributed by atoms with Crippen LogP contribution in [0.3, 0.4) is 0 Å². The minimum atomic E-state index is -4.70. The second kappa shape index (κ2) is 5.78. The number of benzene rings is 1. The highest BCUT2D eigenvalue weighted by molar-refractivity contribution is 7.89. The van der Waals surface area contributed by atoms with Crippen LogP contribution in [0.15, 0.2) is 23.1 Å². The average Bonchev–Trinajstić information content (AvgIpc) is 2.36. The first kappa shape index (κ1) is 17.2. The van der Waals surface area contributed by atoms with E-state index in [0.717, 1.165) is 18.2 Å². The van der Waals surface area contributed by atoms with Crippen molar-refractivity contribution in [2.75, 3.05) is 6.54 Å². The van der Waals surface area contributed by atoms with Crippen molar-refractivity contribution in [1.82, 2.24) is 4.31 Å². The van der Waals surface area contributed by atoms with Gasteiger partial charge in [0.25, 0.3) is 0 Å². The molecule has 1 fully saturated rings. The molecule has 0 aromatic heterocycles. The molecule has 22 heavy (non-hydrogen) atoms. The van der Waals surface area contributed by atoms with E-state index in [-0.39, 0.29) is 6.42 Å². The van der Waals surface area contributed by atoms with Gasteiger partial charge in [0.2, 0.25) is 10.0 Å². The highest BCUT2D eigenvalue weighted by Gasteiger charge is 2.50. The van der Waals surface area contributed by atoms with Gasteiger partial charge in [-0.25, -0.2) is 12.8 Å². The van der Waals surface area contributed by atoms with Crippen LogP contribution in [0.25, 0.3) is 0 Å². The van der Waals surface area contributed by atoms with Crippen molar-refractivity contribution in [2.24, 2.45) is 5.73 Å². The number of halogens is 4. The molecule has 1 aromatic carbocycles. The molecule has 1 aliphatic heterocycles. The maximum atomic E-state index is 13.4. The van der Waals surface area contributed by atoms with Crippen LogP contribution in [0.2, 0.25) is 0 Å². The fourth-order valence-electron chi connectivity index (χ4n) is 2.55. The lowest BCUT2D eigenvalue weighted by Gasteiger charge is -2.38. The number of nitrogens with zero attached hydrogens (tertiary/aromatic N) is 1. The number of rotatable bonds is 2. The van der Waals surface area contributed by atoms with Crippen molar-refractivity contribution in [3.05, 3.63) is 29.6 Å². The predicted molar refractivity (Wildman–Crippen MR) is 72.1 cm³/mol. The summed E-state index contributed by atoms with van der Waals surface area (Å²) in [7, 11) is -4.48. The predicted octanol–water partition coefficient (Wildman–Crippen LogP) is 2.18. The Hall–Kier alpha value is -1.19. The lowest BCUT2D eigenvalue weighted by atomic mass is 10.0. The van der Waals surface area contributed by atoms with Gasteiger partial charge in [-0.3, -0.25) is 0 Å². The maximum Gasteiger partial charge on any atom is 0.405 e. The largest absolute Gasteiger partial charge is 0.405 e. The molecule has 4 nitrogen and oxygen atoms in total. The normalized spacial score (nSPS) is 24.5. The first-order chi connectivity index (χ1) is 10.0. The molecule has 2 N–H and O–H groups in total. The zero-order chi connectivity index (χ0) is 16.7. The summed E-state index contributed by atoms with van der Waals surface area (Å²) in [5.41, 5.74) is 5.93. The molecule has 2 rings (SSSR count). The standard InChI is InChI=1S/C13H16F4N2O2S/c1-8-4-9(14)6-11(5-8)22(20,21)19-7-10(18)2-3-12(19)13(15,16)17/h4-6,10,12H,2-3,7,18H2,1H3. The summed E-state index contributed by atoms with van der Waals surface area (Å²) in [5, 5.41) is 0. The van der Waals surface area contributed by atoms with Crippen LogP contribution < -0.4 is 5.73 Å². The van der Waals surface area contributed by atoms with Crippen LogP contribution in [0.5, 0.6) is 0 Å². The van der Waals surface area contributed by atoms with Crippen molar-refractivity contribution in [2.45, 2.75) is 42.9 Å². The van der Waals surface area contributed by atoms with Gasteiger partial charge in [-0.05, 0) is 43.5 Å². The molecule has 0 radical (unpaired) electrons. The van der Waals surface area contributed by atoms with Gasteiger partial charge in [-0.15, -0.1) is 0 Å². The van der Waals surface area contributed by atoms with Gasteiger partial charge >= 0.3 is 6.18 Å². The lowest BCUT2D eigenvalue weighted by molar-refractivity contribution is -0.178. The van der Waals surface area contributed by atoms with Crippen LogP contribution in [0.4, 0.5) is 17.6 Å². The summed E-state index contributed by atoms with van der Waals surface area (Å²) in [6, 6.07) is 0.147. The summed E-state index contributed by atoms with van der Waals surface area (Å²) in [6.45, 7) is 1.02. The van der Waals surface area contributed by atoms with Crippen molar-refractivity contribution in [3.8, 4) is 0 Å². The molecule has 0 bridgehead atoms. The number of aryl methyl sites for hydroxylation is 1. The Labute approximate surface area is 126 Å². The number of hydrogen-bond acceptors (Lipinski definition) is 3. The molecule has 0 amide bonds. The second-order valence-corrected chi connectivity index (χ2v) is 7.32. The second-order valence-electron chi connectivity index (χ2n) is 5.43. The van der Waals surface area contributed by atoms with Crippen LogP contribution >= 0.6 is 0 Å². The Morgan fingerprint density at radius 3 is 2.41 bits per heavy atom. The lowest BCUT2D eigenvalue weighted by Crippen LogP contribution is -2.56. The van der Waals surface area contributed by atoms with E-state index in [4.69, 9.17) is 5.73 Å². The molecule has 1 aliphatic rings. The Morgan fingerprint density at radius 1 is 1.23 bits per heavy atom. The van der Waals surface area contributed by atoms with Gasteiger partial charge in [-0.1, -0.05) is 0 Å². The van der Waals surface area contributed by atoms with Gasteiger partial charge in [-0.2, -0.15) is 17.5 Å². The third-order valence-electron chi connectivity index (χ3n) is 3.57. The third-order valence-corrected chi connectivity index (χ3v) is 5.43. The molecular formula is C13H16F4N2O2S. The smallest absolute Gasteiger partial charge is 0.327 e. The molecule has 2 unspecified atom stereocenters. The van der Waals surface area contributed by atoms with Crippen molar-refractivity contribution in [1.29, 1.82) is 0 Å². The molecule has 1 heterocycles. The molecule has 0 saturated carbocycles. The van der Waals surface area contributed by atoms with E-state index in [2.05, 4.69) is 0 Å². The fourth-order valence-corrected chi connectivity index (χ4v) is 4.36. The van der Waals surface area contributed by atoms with Gasteiger partial charge in [0, 0.05) is 12.6 Å². The topological polar surface area (TPSA) is 63.4 Å². The Bertz CT molecular complexity index is 640. The van der Waals surface area contributed by atoms with E-state index < -0.39 is 52.0 Å². The van der Waals surface area contributed by atoms with Gasteiger partial charge in [0.1, 0.15) is 11.9 Å². The molecular weight excluding hydrogens is 324 g/mol.